The van der Waals surface area contributed by atoms with E-state index in [0.29, 0.717) is 12.0 Å². The number of halogens is 1. The molecule has 2 unspecified atom stereocenters. The number of hydrogen-bond acceptors (Lipinski definition) is 1. The summed E-state index contributed by atoms with van der Waals surface area (Å²) in [5.74, 6) is 0.380. The topological polar surface area (TPSA) is 12.0 Å². The summed E-state index contributed by atoms with van der Waals surface area (Å²) in [5, 5.41) is 3.56. The Hall–Kier alpha value is -0.890. The molecular weight excluding hydrogens is 213 g/mol. The van der Waals surface area contributed by atoms with E-state index in [1.54, 1.807) is 12.1 Å². The van der Waals surface area contributed by atoms with Gasteiger partial charge >= 0.3 is 0 Å². The molecule has 1 aromatic carbocycles. The fraction of sp³-hybridized carbons (Fsp3) is 0.600. The summed E-state index contributed by atoms with van der Waals surface area (Å²) >= 11 is 0. The summed E-state index contributed by atoms with van der Waals surface area (Å²) in [7, 11) is 0. The molecular formula is C15H22FN. The highest BCUT2D eigenvalue weighted by molar-refractivity contribution is 5.31. The molecule has 0 amide bonds. The fourth-order valence-electron chi connectivity index (χ4n) is 3.02. The standard InChI is InChI=1S/C15H22FN/c1-3-17-15-7-5-4-6-13(15)14-10-12(16)9-8-11(14)2/h8-10,13,15,17H,3-7H2,1-2H3. The lowest BCUT2D eigenvalue weighted by Crippen LogP contribution is -2.37. The zero-order valence-electron chi connectivity index (χ0n) is 10.8. The third kappa shape index (κ3) is 2.86. The van der Waals surface area contributed by atoms with Crippen molar-refractivity contribution in [1.29, 1.82) is 0 Å². The Bertz CT molecular complexity index is 373. The smallest absolute Gasteiger partial charge is 0.123 e. The molecule has 2 rings (SSSR count). The van der Waals surface area contributed by atoms with Crippen molar-refractivity contribution < 1.29 is 4.39 Å². The zero-order valence-corrected chi connectivity index (χ0v) is 10.8. The van der Waals surface area contributed by atoms with Crippen molar-refractivity contribution in [3.63, 3.8) is 0 Å². The molecule has 0 spiro atoms. The molecule has 1 saturated carbocycles. The highest BCUT2D eigenvalue weighted by Gasteiger charge is 2.26. The summed E-state index contributed by atoms with van der Waals surface area (Å²) in [6.45, 7) is 5.23. The minimum Gasteiger partial charge on any atom is -0.314 e. The van der Waals surface area contributed by atoms with Crippen molar-refractivity contribution in [3.8, 4) is 0 Å². The van der Waals surface area contributed by atoms with Crippen molar-refractivity contribution in [2.75, 3.05) is 6.54 Å². The van der Waals surface area contributed by atoms with Gasteiger partial charge < -0.3 is 5.32 Å². The molecule has 2 atom stereocenters. The molecule has 0 radical (unpaired) electrons. The third-order valence-electron chi connectivity index (χ3n) is 3.87. The number of aryl methyl sites for hydroxylation is 1. The van der Waals surface area contributed by atoms with Gasteiger partial charge in [-0.1, -0.05) is 25.8 Å². The van der Waals surface area contributed by atoms with Crippen molar-refractivity contribution in [1.82, 2.24) is 5.32 Å². The molecule has 0 bridgehead atoms. The van der Waals surface area contributed by atoms with Gasteiger partial charge in [0.2, 0.25) is 0 Å². The number of hydrogen-bond donors (Lipinski definition) is 1. The Kier molecular flexibility index (Phi) is 4.16. The second-order valence-corrected chi connectivity index (χ2v) is 5.06. The monoisotopic (exact) mass is 235 g/mol. The van der Waals surface area contributed by atoms with Crippen molar-refractivity contribution in [3.05, 3.63) is 35.1 Å². The quantitative estimate of drug-likeness (QED) is 0.841. The van der Waals surface area contributed by atoms with Gasteiger partial charge in [0.15, 0.2) is 0 Å². The zero-order chi connectivity index (χ0) is 12.3. The first-order valence-corrected chi connectivity index (χ1v) is 6.71. The molecule has 0 aromatic heterocycles. The molecule has 1 aromatic rings. The van der Waals surface area contributed by atoms with Crippen LogP contribution in [-0.4, -0.2) is 12.6 Å². The summed E-state index contributed by atoms with van der Waals surface area (Å²) in [6.07, 6.45) is 4.96. The van der Waals surface area contributed by atoms with Crippen LogP contribution < -0.4 is 5.32 Å². The highest BCUT2D eigenvalue weighted by atomic mass is 19.1. The number of rotatable bonds is 3. The third-order valence-corrected chi connectivity index (χ3v) is 3.87. The Morgan fingerprint density at radius 1 is 1.29 bits per heavy atom. The molecule has 0 saturated heterocycles. The van der Waals surface area contributed by atoms with E-state index in [4.69, 9.17) is 0 Å². The number of nitrogens with one attached hydrogen (secondary N) is 1. The van der Waals surface area contributed by atoms with E-state index in [0.717, 1.165) is 6.54 Å². The lowest BCUT2D eigenvalue weighted by molar-refractivity contribution is 0.331. The summed E-state index contributed by atoms with van der Waals surface area (Å²) < 4.78 is 13.4. The molecule has 94 valence electrons. The van der Waals surface area contributed by atoms with Gasteiger partial charge in [-0.05, 0) is 55.5 Å². The van der Waals surface area contributed by atoms with E-state index in [2.05, 4.69) is 19.2 Å². The molecule has 17 heavy (non-hydrogen) atoms. The molecule has 1 N–H and O–H groups in total. The van der Waals surface area contributed by atoms with Gasteiger partial charge in [-0.3, -0.25) is 0 Å². The van der Waals surface area contributed by atoms with Gasteiger partial charge in [-0.2, -0.15) is 0 Å². The van der Waals surface area contributed by atoms with Crippen LogP contribution in [0.2, 0.25) is 0 Å². The maximum Gasteiger partial charge on any atom is 0.123 e. The van der Waals surface area contributed by atoms with Gasteiger partial charge in [0.1, 0.15) is 5.82 Å². The van der Waals surface area contributed by atoms with Gasteiger partial charge in [-0.15, -0.1) is 0 Å². The Balaban J connectivity index is 2.25. The first kappa shape index (κ1) is 12.6. The first-order chi connectivity index (χ1) is 8.22. The molecule has 1 aliphatic carbocycles. The minimum absolute atomic E-state index is 0.105. The van der Waals surface area contributed by atoms with Gasteiger partial charge in [0.05, 0.1) is 0 Å². The predicted molar refractivity (Wildman–Crippen MR) is 69.8 cm³/mol. The van der Waals surface area contributed by atoms with Crippen molar-refractivity contribution in [2.45, 2.75) is 51.5 Å². The summed E-state index contributed by atoms with van der Waals surface area (Å²) in [6, 6.07) is 5.72. The van der Waals surface area contributed by atoms with Crippen LogP contribution in [0.25, 0.3) is 0 Å². The number of benzene rings is 1. The average Bonchev–Trinajstić information content (AvgIpc) is 2.34. The van der Waals surface area contributed by atoms with Crippen LogP contribution in [-0.2, 0) is 0 Å². The van der Waals surface area contributed by atoms with E-state index >= 15 is 0 Å². The molecule has 1 aliphatic rings. The lowest BCUT2D eigenvalue weighted by Gasteiger charge is -2.33. The Labute approximate surface area is 103 Å². The minimum atomic E-state index is -0.105. The summed E-state index contributed by atoms with van der Waals surface area (Å²) in [4.78, 5) is 0. The van der Waals surface area contributed by atoms with Crippen LogP contribution in [0, 0.1) is 12.7 Å². The summed E-state index contributed by atoms with van der Waals surface area (Å²) in [5.41, 5.74) is 2.43. The van der Waals surface area contributed by atoms with E-state index in [1.165, 1.54) is 36.8 Å². The lowest BCUT2D eigenvalue weighted by atomic mass is 9.78. The molecule has 0 heterocycles. The second-order valence-electron chi connectivity index (χ2n) is 5.06. The normalized spacial score (nSPS) is 24.9. The van der Waals surface area contributed by atoms with E-state index in [-0.39, 0.29) is 5.82 Å². The van der Waals surface area contributed by atoms with Gasteiger partial charge in [0.25, 0.3) is 0 Å². The largest absolute Gasteiger partial charge is 0.314 e. The van der Waals surface area contributed by atoms with Crippen LogP contribution in [0.4, 0.5) is 4.39 Å². The average molecular weight is 235 g/mol. The first-order valence-electron chi connectivity index (χ1n) is 6.71. The highest BCUT2D eigenvalue weighted by Crippen LogP contribution is 2.34. The van der Waals surface area contributed by atoms with Crippen LogP contribution in [0.1, 0.15) is 49.7 Å². The Morgan fingerprint density at radius 3 is 2.82 bits per heavy atom. The van der Waals surface area contributed by atoms with E-state index < -0.39 is 0 Å². The molecule has 0 aliphatic heterocycles. The fourth-order valence-corrected chi connectivity index (χ4v) is 3.02. The Morgan fingerprint density at radius 2 is 2.06 bits per heavy atom. The van der Waals surface area contributed by atoms with Gasteiger partial charge in [0, 0.05) is 6.04 Å². The predicted octanol–water partition coefficient (Wildman–Crippen LogP) is 3.77. The molecule has 1 nitrogen and oxygen atoms in total. The number of likely N-dealkylation sites (N-methyl/N-ethyl adjacent to an activating group) is 1. The van der Waals surface area contributed by atoms with Gasteiger partial charge in [-0.25, -0.2) is 4.39 Å². The maximum absolute atomic E-state index is 13.4. The van der Waals surface area contributed by atoms with Crippen molar-refractivity contribution >= 4 is 0 Å². The van der Waals surface area contributed by atoms with Crippen molar-refractivity contribution in [2.24, 2.45) is 0 Å². The second kappa shape index (κ2) is 5.63. The molecule has 2 heteroatoms. The van der Waals surface area contributed by atoms with Crippen LogP contribution in [0.5, 0.6) is 0 Å². The van der Waals surface area contributed by atoms with E-state index in [1.807, 2.05) is 6.07 Å². The van der Waals surface area contributed by atoms with Crippen LogP contribution in [0.3, 0.4) is 0 Å². The SMILES string of the molecule is CCNC1CCCCC1c1cc(F)ccc1C. The van der Waals surface area contributed by atoms with E-state index in [9.17, 15) is 4.39 Å². The molecule has 1 fully saturated rings. The van der Waals surface area contributed by atoms with Crippen LogP contribution >= 0.6 is 0 Å². The maximum atomic E-state index is 13.4. The van der Waals surface area contributed by atoms with Crippen LogP contribution in [0.15, 0.2) is 18.2 Å².